The normalized spacial score (nSPS) is 16.2. The summed E-state index contributed by atoms with van der Waals surface area (Å²) in [5.41, 5.74) is 1.97. The number of hydrogen-bond acceptors (Lipinski definition) is 7. The molecule has 0 bridgehead atoms. The maximum absolute atomic E-state index is 15.7. The highest BCUT2D eigenvalue weighted by atomic mass is 35.5. The maximum Gasteiger partial charge on any atom is 0.265 e. The van der Waals surface area contributed by atoms with E-state index in [0.717, 1.165) is 6.26 Å². The molecule has 0 saturated carbocycles. The van der Waals surface area contributed by atoms with Crippen molar-refractivity contribution >= 4 is 56.4 Å². The summed E-state index contributed by atoms with van der Waals surface area (Å²) < 4.78 is 52.5. The van der Waals surface area contributed by atoms with Crippen LogP contribution in [0.5, 0.6) is 5.75 Å². The van der Waals surface area contributed by atoms with E-state index in [0.29, 0.717) is 61.1 Å². The van der Waals surface area contributed by atoms with Gasteiger partial charge < -0.3 is 14.4 Å². The van der Waals surface area contributed by atoms with Gasteiger partial charge in [0.2, 0.25) is 15.9 Å². The van der Waals surface area contributed by atoms with Crippen LogP contribution in [-0.4, -0.2) is 89.3 Å². The Kier molecular flexibility index (Phi) is 9.66. The first-order valence-electron chi connectivity index (χ1n) is 13.8. The smallest absolute Gasteiger partial charge is 0.265 e. The van der Waals surface area contributed by atoms with Gasteiger partial charge in [-0.1, -0.05) is 47.5 Å². The molecule has 3 aromatic rings. The van der Waals surface area contributed by atoms with E-state index in [2.05, 4.69) is 9.62 Å². The monoisotopic (exact) mass is 664 g/mol. The van der Waals surface area contributed by atoms with Crippen LogP contribution in [0.1, 0.15) is 11.6 Å². The molecule has 2 aliphatic rings. The summed E-state index contributed by atoms with van der Waals surface area (Å²) in [6.07, 6.45) is 1.04. The van der Waals surface area contributed by atoms with Gasteiger partial charge in [0, 0.05) is 44.0 Å². The third-order valence-electron chi connectivity index (χ3n) is 7.49. The molecule has 1 N–H and O–H groups in total. The topological polar surface area (TPSA) is 108 Å². The highest BCUT2D eigenvalue weighted by Gasteiger charge is 2.32. The lowest BCUT2D eigenvalue weighted by Gasteiger charge is -2.37. The predicted octanol–water partition coefficient (Wildman–Crippen LogP) is 4.43. The van der Waals surface area contributed by atoms with Gasteiger partial charge in [0.25, 0.3) is 5.91 Å². The fourth-order valence-electron chi connectivity index (χ4n) is 5.21. The quantitative estimate of drug-likeness (QED) is 0.361. The summed E-state index contributed by atoms with van der Waals surface area (Å²) in [7, 11) is -1.88. The largest absolute Gasteiger partial charge is 0.482 e. The summed E-state index contributed by atoms with van der Waals surface area (Å²) in [4.78, 5) is 31.5. The van der Waals surface area contributed by atoms with E-state index in [1.807, 2.05) is 0 Å². The molecule has 1 atom stereocenters. The van der Waals surface area contributed by atoms with Gasteiger partial charge in [-0.25, -0.2) is 12.8 Å². The zero-order chi connectivity index (χ0) is 31.6. The van der Waals surface area contributed by atoms with Gasteiger partial charge in [-0.2, -0.15) is 0 Å². The summed E-state index contributed by atoms with van der Waals surface area (Å²) in [5, 5.41) is 0.477. The Bertz CT molecular complexity index is 1690. The second kappa shape index (κ2) is 13.3. The van der Waals surface area contributed by atoms with E-state index in [1.54, 1.807) is 43.4 Å². The van der Waals surface area contributed by atoms with Gasteiger partial charge in [0.1, 0.15) is 18.1 Å². The van der Waals surface area contributed by atoms with E-state index < -0.39 is 27.8 Å². The van der Waals surface area contributed by atoms with Crippen molar-refractivity contribution in [1.29, 1.82) is 0 Å². The van der Waals surface area contributed by atoms with Crippen LogP contribution in [0, 0.1) is 5.82 Å². The molecular formula is C30H31Cl2FN4O6S. The van der Waals surface area contributed by atoms with Crippen LogP contribution in [0.3, 0.4) is 0 Å². The lowest BCUT2D eigenvalue weighted by Crippen LogP contribution is -2.48. The fraction of sp³-hybridized carbons (Fsp3) is 0.333. The number of morpholine rings is 1. The number of benzene rings is 3. The molecule has 1 unspecified atom stereocenters. The van der Waals surface area contributed by atoms with Crippen molar-refractivity contribution < 1.29 is 31.9 Å². The summed E-state index contributed by atoms with van der Waals surface area (Å²) >= 11 is 12.3. The molecule has 1 saturated heterocycles. The number of carbonyl (C=O) groups excluding carboxylic acids is 2. The number of nitrogens with zero attached hydrogens (tertiary/aromatic N) is 3. The minimum absolute atomic E-state index is 0.216. The molecule has 0 aliphatic carbocycles. The average molecular weight is 666 g/mol. The van der Waals surface area contributed by atoms with Crippen molar-refractivity contribution in [3.8, 4) is 16.9 Å². The average Bonchev–Trinajstić information content (AvgIpc) is 2.97. The number of likely N-dealkylation sites (N-methyl/N-ethyl adjacent to an activating group) is 1. The molecule has 0 spiro atoms. The van der Waals surface area contributed by atoms with Crippen molar-refractivity contribution in [2.45, 2.75) is 6.04 Å². The number of ether oxygens (including phenoxy) is 2. The molecule has 14 heteroatoms. The Morgan fingerprint density at radius 1 is 1.09 bits per heavy atom. The lowest BCUT2D eigenvalue weighted by molar-refractivity contribution is -0.133. The van der Waals surface area contributed by atoms with Gasteiger partial charge in [-0.15, -0.1) is 0 Å². The molecule has 0 aromatic heterocycles. The van der Waals surface area contributed by atoms with E-state index in [9.17, 15) is 18.0 Å². The Hall–Kier alpha value is -3.42. The number of sulfonamides is 1. The van der Waals surface area contributed by atoms with Gasteiger partial charge in [-0.3, -0.25) is 24.1 Å². The maximum atomic E-state index is 15.7. The van der Waals surface area contributed by atoms with Gasteiger partial charge >= 0.3 is 0 Å². The standard InChI is InChI=1S/C30H31Cl2FN4O6S/c1-35(29(38)17-37-26-14-23(31)24(32)15-28(26)43-18-30(37)39)27(16-36-8-10-42-11-9-36)20-6-7-22(25(33)13-20)19-4-3-5-21(12-19)34-44(2,40)41/h3-7,12-15,27,34H,8-11,16-18H2,1-2H3. The molecule has 44 heavy (non-hydrogen) atoms. The predicted molar refractivity (Wildman–Crippen MR) is 167 cm³/mol. The van der Waals surface area contributed by atoms with Gasteiger partial charge in [0.05, 0.1) is 41.2 Å². The molecule has 2 heterocycles. The number of anilines is 2. The Balaban J connectivity index is 1.43. The van der Waals surface area contributed by atoms with Gasteiger partial charge in [-0.05, 0) is 35.4 Å². The number of rotatable bonds is 9. The minimum atomic E-state index is -3.51. The second-order valence-corrected chi connectivity index (χ2v) is 13.2. The van der Waals surface area contributed by atoms with Crippen LogP contribution in [0.2, 0.25) is 10.0 Å². The highest BCUT2D eigenvalue weighted by molar-refractivity contribution is 7.92. The van der Waals surface area contributed by atoms with Crippen molar-refractivity contribution in [2.75, 3.05) is 68.9 Å². The van der Waals surface area contributed by atoms with Crippen LogP contribution in [0.25, 0.3) is 11.1 Å². The molecule has 5 rings (SSSR count). The van der Waals surface area contributed by atoms with E-state index >= 15 is 4.39 Å². The summed E-state index contributed by atoms with van der Waals surface area (Å²) in [5.74, 6) is -0.978. The molecule has 1 fully saturated rings. The van der Waals surface area contributed by atoms with Gasteiger partial charge in [0.15, 0.2) is 6.61 Å². The SMILES string of the molecule is CN(C(=O)CN1C(=O)COc2cc(Cl)c(Cl)cc21)C(CN1CCOCC1)c1ccc(-c2cccc(NS(C)(=O)=O)c2)c(F)c1. The number of amides is 2. The zero-order valence-corrected chi connectivity index (χ0v) is 26.4. The first-order chi connectivity index (χ1) is 20.9. The lowest BCUT2D eigenvalue weighted by atomic mass is 9.98. The summed E-state index contributed by atoms with van der Waals surface area (Å²) in [6.45, 7) is 2.24. The third kappa shape index (κ3) is 7.44. The Morgan fingerprint density at radius 2 is 1.82 bits per heavy atom. The van der Waals surface area contributed by atoms with Crippen LogP contribution in [0.4, 0.5) is 15.8 Å². The molecule has 2 amide bonds. The molecule has 3 aromatic carbocycles. The number of carbonyl (C=O) groups is 2. The zero-order valence-electron chi connectivity index (χ0n) is 24.1. The number of halogens is 3. The van der Waals surface area contributed by atoms with Crippen LogP contribution in [-0.2, 0) is 24.3 Å². The third-order valence-corrected chi connectivity index (χ3v) is 8.82. The number of hydrogen-bond donors (Lipinski definition) is 1. The van der Waals surface area contributed by atoms with Crippen LogP contribution < -0.4 is 14.4 Å². The number of fused-ring (bicyclic) bond motifs is 1. The molecular weight excluding hydrogens is 634 g/mol. The Morgan fingerprint density at radius 3 is 2.52 bits per heavy atom. The second-order valence-electron chi connectivity index (χ2n) is 10.6. The Labute approximate surface area is 265 Å². The van der Waals surface area contributed by atoms with E-state index in [1.165, 1.54) is 28.0 Å². The first-order valence-corrected chi connectivity index (χ1v) is 16.4. The van der Waals surface area contributed by atoms with Crippen molar-refractivity contribution in [2.24, 2.45) is 0 Å². The van der Waals surface area contributed by atoms with Crippen molar-refractivity contribution in [3.63, 3.8) is 0 Å². The summed E-state index contributed by atoms with van der Waals surface area (Å²) in [6, 6.07) is 13.6. The highest BCUT2D eigenvalue weighted by Crippen LogP contribution is 2.39. The number of nitrogens with one attached hydrogen (secondary N) is 1. The van der Waals surface area contributed by atoms with E-state index in [4.69, 9.17) is 32.7 Å². The minimum Gasteiger partial charge on any atom is -0.482 e. The van der Waals surface area contributed by atoms with Crippen molar-refractivity contribution in [1.82, 2.24) is 9.80 Å². The molecule has 10 nitrogen and oxygen atoms in total. The van der Waals surface area contributed by atoms with Crippen LogP contribution >= 0.6 is 23.2 Å². The van der Waals surface area contributed by atoms with Crippen LogP contribution in [0.15, 0.2) is 54.6 Å². The molecule has 2 aliphatic heterocycles. The molecule has 234 valence electrons. The molecule has 0 radical (unpaired) electrons. The van der Waals surface area contributed by atoms with Crippen molar-refractivity contribution in [3.05, 3.63) is 76.0 Å². The van der Waals surface area contributed by atoms with E-state index in [-0.39, 0.29) is 34.7 Å². The fourth-order valence-corrected chi connectivity index (χ4v) is 6.07. The first kappa shape index (κ1) is 32.0.